The van der Waals surface area contributed by atoms with Crippen molar-refractivity contribution in [2.24, 2.45) is 12.0 Å². The summed E-state index contributed by atoms with van der Waals surface area (Å²) in [5, 5.41) is 7.45. The average molecular weight is 514 g/mol. The molecular formula is C19H27IN6O3. The van der Waals surface area contributed by atoms with E-state index in [2.05, 4.69) is 15.4 Å². The first-order valence-corrected chi connectivity index (χ1v) is 9.01. The van der Waals surface area contributed by atoms with E-state index in [9.17, 15) is 4.79 Å². The van der Waals surface area contributed by atoms with Gasteiger partial charge in [0.2, 0.25) is 5.91 Å². The lowest BCUT2D eigenvalue weighted by molar-refractivity contribution is -0.120. The Kier molecular flexibility index (Phi) is 8.11. The Morgan fingerprint density at radius 1 is 1.28 bits per heavy atom. The highest BCUT2D eigenvalue weighted by molar-refractivity contribution is 14.0. The largest absolute Gasteiger partial charge is 0.497 e. The summed E-state index contributed by atoms with van der Waals surface area (Å²) in [5.74, 6) is 2.21. The number of benzene rings is 1. The number of nitrogens with one attached hydrogen (secondary N) is 1. The molecule has 1 amide bonds. The fourth-order valence-corrected chi connectivity index (χ4v) is 3.20. The second-order valence-corrected chi connectivity index (χ2v) is 6.42. The molecule has 158 valence electrons. The Morgan fingerprint density at radius 3 is 2.66 bits per heavy atom. The van der Waals surface area contributed by atoms with Crippen LogP contribution in [0.15, 0.2) is 35.6 Å². The van der Waals surface area contributed by atoms with Gasteiger partial charge in [-0.05, 0) is 18.2 Å². The summed E-state index contributed by atoms with van der Waals surface area (Å²) in [6.45, 7) is 2.01. The molecule has 29 heavy (non-hydrogen) atoms. The smallest absolute Gasteiger partial charge is 0.246 e. The number of halogens is 1. The topological polar surface area (TPSA) is 84.2 Å². The first-order chi connectivity index (χ1) is 13.5. The van der Waals surface area contributed by atoms with Gasteiger partial charge in [-0.1, -0.05) is 0 Å². The molecule has 2 heterocycles. The molecule has 0 aliphatic carbocycles. The molecule has 9 nitrogen and oxygen atoms in total. The molecule has 1 aromatic carbocycles. The zero-order valence-corrected chi connectivity index (χ0v) is 19.4. The monoisotopic (exact) mass is 514 g/mol. The first-order valence-electron chi connectivity index (χ1n) is 9.01. The lowest BCUT2D eigenvalue weighted by Gasteiger charge is -2.35. The van der Waals surface area contributed by atoms with Crippen LogP contribution in [0.5, 0.6) is 11.5 Å². The Balaban J connectivity index is 0.00000300. The van der Waals surface area contributed by atoms with Gasteiger partial charge >= 0.3 is 0 Å². The Labute approximate surface area is 187 Å². The summed E-state index contributed by atoms with van der Waals surface area (Å²) in [4.78, 5) is 20.7. The summed E-state index contributed by atoms with van der Waals surface area (Å²) in [6.07, 6.45) is 3.55. The number of ether oxygens (including phenoxy) is 2. The highest BCUT2D eigenvalue weighted by Gasteiger charge is 2.27. The van der Waals surface area contributed by atoms with Crippen LogP contribution >= 0.6 is 24.0 Å². The van der Waals surface area contributed by atoms with E-state index in [-0.39, 0.29) is 36.4 Å². The van der Waals surface area contributed by atoms with Crippen LogP contribution in [-0.4, -0.2) is 67.4 Å². The zero-order valence-electron chi connectivity index (χ0n) is 17.1. The van der Waals surface area contributed by atoms with Crippen molar-refractivity contribution in [2.45, 2.75) is 6.54 Å². The predicted molar refractivity (Wildman–Crippen MR) is 122 cm³/mol. The number of amides is 1. The van der Waals surface area contributed by atoms with Gasteiger partial charge in [-0.3, -0.25) is 14.5 Å². The summed E-state index contributed by atoms with van der Waals surface area (Å²) in [6, 6.07) is 5.65. The normalized spacial score (nSPS) is 14.5. The number of aryl methyl sites for hydroxylation is 1. The van der Waals surface area contributed by atoms with E-state index >= 15 is 0 Å². The molecule has 0 radical (unpaired) electrons. The molecular weight excluding hydrogens is 487 g/mol. The maximum absolute atomic E-state index is 12.6. The second-order valence-electron chi connectivity index (χ2n) is 6.42. The third-order valence-corrected chi connectivity index (χ3v) is 4.66. The van der Waals surface area contributed by atoms with E-state index in [4.69, 9.17) is 9.47 Å². The van der Waals surface area contributed by atoms with Crippen molar-refractivity contribution in [1.29, 1.82) is 0 Å². The van der Waals surface area contributed by atoms with Crippen LogP contribution in [0.3, 0.4) is 0 Å². The van der Waals surface area contributed by atoms with E-state index in [1.807, 2.05) is 36.3 Å². The summed E-state index contributed by atoms with van der Waals surface area (Å²) in [7, 11) is 6.81. The van der Waals surface area contributed by atoms with Crippen LogP contribution in [-0.2, 0) is 18.4 Å². The molecule has 3 rings (SSSR count). The first kappa shape index (κ1) is 22.8. The van der Waals surface area contributed by atoms with Gasteiger partial charge in [0.15, 0.2) is 5.96 Å². The molecule has 1 fully saturated rings. The number of anilines is 1. The van der Waals surface area contributed by atoms with Gasteiger partial charge in [-0.2, -0.15) is 5.10 Å². The van der Waals surface area contributed by atoms with Crippen LogP contribution < -0.4 is 19.7 Å². The van der Waals surface area contributed by atoms with E-state index in [0.717, 1.165) is 22.7 Å². The summed E-state index contributed by atoms with van der Waals surface area (Å²) >= 11 is 0. The van der Waals surface area contributed by atoms with Gasteiger partial charge in [-0.25, -0.2) is 0 Å². The Bertz CT molecular complexity index is 869. The lowest BCUT2D eigenvalue weighted by atomic mass is 10.2. The van der Waals surface area contributed by atoms with E-state index in [1.54, 1.807) is 37.0 Å². The van der Waals surface area contributed by atoms with Crippen LogP contribution in [0.4, 0.5) is 5.69 Å². The summed E-state index contributed by atoms with van der Waals surface area (Å²) < 4.78 is 12.4. The van der Waals surface area contributed by atoms with Gasteiger partial charge in [0.25, 0.3) is 0 Å². The molecule has 1 aliphatic rings. The van der Waals surface area contributed by atoms with Gasteiger partial charge in [-0.15, -0.1) is 24.0 Å². The second kappa shape index (κ2) is 10.3. The molecule has 0 bridgehead atoms. The van der Waals surface area contributed by atoms with E-state index in [1.165, 1.54) is 0 Å². The third kappa shape index (κ3) is 5.31. The fraction of sp³-hybridized carbons (Fsp3) is 0.421. The maximum atomic E-state index is 12.6. The van der Waals surface area contributed by atoms with Crippen LogP contribution in [0.2, 0.25) is 0 Å². The number of aliphatic imine (C=N–C) groups is 1. The van der Waals surface area contributed by atoms with Crippen molar-refractivity contribution in [2.75, 3.05) is 45.8 Å². The van der Waals surface area contributed by atoms with Crippen molar-refractivity contribution < 1.29 is 14.3 Å². The molecule has 1 saturated heterocycles. The van der Waals surface area contributed by atoms with Crippen molar-refractivity contribution >= 4 is 41.5 Å². The number of aromatic nitrogens is 2. The fourth-order valence-electron chi connectivity index (χ4n) is 3.20. The van der Waals surface area contributed by atoms with E-state index < -0.39 is 0 Å². The molecule has 0 saturated carbocycles. The minimum absolute atomic E-state index is 0. The number of rotatable bonds is 5. The number of methoxy groups -OCH3 is 2. The third-order valence-electron chi connectivity index (χ3n) is 4.66. The average Bonchev–Trinajstić information content (AvgIpc) is 3.14. The summed E-state index contributed by atoms with van der Waals surface area (Å²) in [5.41, 5.74) is 1.76. The number of guanidine groups is 1. The quantitative estimate of drug-likeness (QED) is 0.370. The molecule has 10 heteroatoms. The van der Waals surface area contributed by atoms with Gasteiger partial charge in [0.1, 0.15) is 18.0 Å². The number of carbonyl (C=O) groups excluding carboxylic acids is 1. The lowest BCUT2D eigenvalue weighted by Crippen LogP contribution is -2.55. The number of hydrogen-bond donors (Lipinski definition) is 1. The van der Waals surface area contributed by atoms with Crippen LogP contribution in [0.25, 0.3) is 0 Å². The molecule has 2 aromatic rings. The number of hydrogen-bond acceptors (Lipinski definition) is 5. The van der Waals surface area contributed by atoms with Crippen molar-refractivity contribution in [3.05, 3.63) is 36.2 Å². The number of carbonyl (C=O) groups is 1. The standard InChI is InChI=1S/C19H26N6O3.HI/c1-20-19(21-10-14-9-16(27-3)5-6-17(14)28-4)24-7-8-25(18(26)13-24)15-11-22-23(2)12-15;/h5-6,9,11-12H,7-8,10,13H2,1-4H3,(H,20,21);1H. The number of nitrogens with zero attached hydrogens (tertiary/aromatic N) is 5. The predicted octanol–water partition coefficient (Wildman–Crippen LogP) is 1.48. The van der Waals surface area contributed by atoms with Gasteiger partial charge in [0, 0.05) is 45.5 Å². The SMILES string of the molecule is CN=C(NCc1cc(OC)ccc1OC)N1CCN(c2cnn(C)c2)C(=O)C1.I. The highest BCUT2D eigenvalue weighted by atomic mass is 127. The molecule has 0 unspecified atom stereocenters. The highest BCUT2D eigenvalue weighted by Crippen LogP contribution is 2.24. The van der Waals surface area contributed by atoms with Crippen molar-refractivity contribution in [3.63, 3.8) is 0 Å². The van der Waals surface area contributed by atoms with Gasteiger partial charge in [0.05, 0.1) is 26.1 Å². The minimum Gasteiger partial charge on any atom is -0.497 e. The number of piperazine rings is 1. The Hall–Kier alpha value is -2.50. The van der Waals surface area contributed by atoms with Crippen molar-refractivity contribution in [3.8, 4) is 11.5 Å². The molecule has 1 aliphatic heterocycles. The maximum Gasteiger partial charge on any atom is 0.246 e. The minimum atomic E-state index is 0. The van der Waals surface area contributed by atoms with E-state index in [0.29, 0.717) is 25.6 Å². The van der Waals surface area contributed by atoms with Crippen molar-refractivity contribution in [1.82, 2.24) is 20.0 Å². The van der Waals surface area contributed by atoms with Gasteiger partial charge < -0.3 is 24.6 Å². The zero-order chi connectivity index (χ0) is 20.1. The molecule has 1 aromatic heterocycles. The molecule has 1 N–H and O–H groups in total. The molecule has 0 atom stereocenters. The molecule has 0 spiro atoms. The van der Waals surface area contributed by atoms with Crippen LogP contribution in [0.1, 0.15) is 5.56 Å². The van der Waals surface area contributed by atoms with Crippen LogP contribution in [0, 0.1) is 0 Å². The Morgan fingerprint density at radius 2 is 2.07 bits per heavy atom.